The number of nitrogen functional groups attached to an aromatic ring is 1. The molecule has 11 nitrogen and oxygen atoms in total. The Hall–Kier alpha value is -3.19. The van der Waals surface area contributed by atoms with Gasteiger partial charge in [0.05, 0.1) is 25.5 Å². The third kappa shape index (κ3) is 4.05. The predicted molar refractivity (Wildman–Crippen MR) is 105 cm³/mol. The van der Waals surface area contributed by atoms with Crippen LogP contribution in [0, 0.1) is 0 Å². The fourth-order valence-corrected chi connectivity index (χ4v) is 3.49. The molecule has 0 radical (unpaired) electrons. The maximum absolute atomic E-state index is 13.6. The number of ether oxygens (including phenoxy) is 2. The number of aliphatic hydroxyl groups is 1. The van der Waals surface area contributed by atoms with E-state index < -0.39 is 30.4 Å². The number of alkyl halides is 2. The monoisotopic (exact) mass is 437 g/mol. The first-order valence-electron chi connectivity index (χ1n) is 9.62. The number of hydrogen-bond donors (Lipinski definition) is 2. The molecule has 2 aliphatic heterocycles. The minimum Gasteiger partial charge on any atom is -0.444 e. The van der Waals surface area contributed by atoms with Gasteiger partial charge in [-0.15, -0.1) is 0 Å². The van der Waals surface area contributed by atoms with Crippen molar-refractivity contribution in [3.05, 3.63) is 18.0 Å². The maximum Gasteiger partial charge on any atom is 0.416 e. The van der Waals surface area contributed by atoms with Gasteiger partial charge in [0.25, 0.3) is 6.43 Å². The zero-order valence-corrected chi connectivity index (χ0v) is 16.6. The van der Waals surface area contributed by atoms with Crippen LogP contribution >= 0.6 is 0 Å². The first-order valence-corrected chi connectivity index (χ1v) is 9.62. The number of aliphatic hydroxyl groups excluding tert-OH is 1. The number of cyclic esters (lactones) is 1. The van der Waals surface area contributed by atoms with E-state index in [1.807, 2.05) is 4.90 Å². The quantitative estimate of drug-likeness (QED) is 0.696. The Balaban J connectivity index is 1.86. The van der Waals surface area contributed by atoms with Gasteiger partial charge in [0.15, 0.2) is 0 Å². The number of halogens is 2. The summed E-state index contributed by atoms with van der Waals surface area (Å²) in [7, 11) is 0. The van der Waals surface area contributed by atoms with Crippen molar-refractivity contribution in [2.75, 3.05) is 48.4 Å². The lowest BCUT2D eigenvalue weighted by molar-refractivity contribution is 0.122. The highest BCUT2D eigenvalue weighted by Gasteiger charge is 2.41. The van der Waals surface area contributed by atoms with Crippen LogP contribution in [0.1, 0.15) is 19.0 Å². The van der Waals surface area contributed by atoms with Crippen LogP contribution in [0.2, 0.25) is 0 Å². The predicted octanol–water partition coefficient (Wildman–Crippen LogP) is 0.996. The summed E-state index contributed by atoms with van der Waals surface area (Å²) in [6.45, 7) is 3.12. The van der Waals surface area contributed by atoms with Gasteiger partial charge < -0.3 is 25.2 Å². The van der Waals surface area contributed by atoms with Crippen molar-refractivity contribution >= 4 is 23.8 Å². The molecule has 4 rings (SSSR count). The van der Waals surface area contributed by atoms with Crippen LogP contribution < -0.4 is 15.5 Å². The summed E-state index contributed by atoms with van der Waals surface area (Å²) in [6, 6.07) is 0.678. The van der Waals surface area contributed by atoms with Gasteiger partial charge >= 0.3 is 6.09 Å². The zero-order chi connectivity index (χ0) is 22.1. The lowest BCUT2D eigenvalue weighted by Crippen LogP contribution is -2.40. The molecule has 0 aromatic carbocycles. The Bertz CT molecular complexity index is 974. The summed E-state index contributed by atoms with van der Waals surface area (Å²) in [5.74, 6) is 0.0350. The second kappa shape index (κ2) is 8.51. The molecular formula is C18H21F2N7O4. The van der Waals surface area contributed by atoms with Crippen molar-refractivity contribution in [2.24, 2.45) is 0 Å². The molecule has 2 aliphatic rings. The molecule has 0 aliphatic carbocycles. The van der Waals surface area contributed by atoms with E-state index in [2.05, 4.69) is 19.9 Å². The molecule has 2 aromatic heterocycles. The standard InChI is InChI=1S/C18H21F2N7O4/c1-9-12(8-28)27(18(29)31-9)13-6-11(10-7-22-16(21)25-14(10)15(19)20)23-17(24-13)26-2-4-30-5-3-26/h6-7,9,12,15,28H,2-5,8H2,1H3,(H2,21,22,25)/t9-,12+/m1/s1. The molecule has 2 fully saturated rings. The average molecular weight is 437 g/mol. The number of carbonyl (C=O) groups is 1. The number of amides is 1. The number of anilines is 3. The maximum atomic E-state index is 13.6. The summed E-state index contributed by atoms with van der Waals surface area (Å²) in [5, 5.41) is 9.76. The van der Waals surface area contributed by atoms with E-state index in [9.17, 15) is 18.7 Å². The number of aromatic nitrogens is 4. The van der Waals surface area contributed by atoms with Crippen LogP contribution in [0.5, 0.6) is 0 Å². The van der Waals surface area contributed by atoms with Crippen LogP contribution in [0.4, 0.5) is 31.3 Å². The molecule has 2 atom stereocenters. The summed E-state index contributed by atoms with van der Waals surface area (Å²) < 4.78 is 37.9. The van der Waals surface area contributed by atoms with Crippen molar-refractivity contribution in [3.63, 3.8) is 0 Å². The second-order valence-corrected chi connectivity index (χ2v) is 7.05. The van der Waals surface area contributed by atoms with Crippen LogP contribution in [-0.2, 0) is 9.47 Å². The van der Waals surface area contributed by atoms with Gasteiger partial charge in [-0.1, -0.05) is 0 Å². The van der Waals surface area contributed by atoms with Crippen LogP contribution in [0.25, 0.3) is 11.3 Å². The number of morpholine rings is 1. The van der Waals surface area contributed by atoms with Gasteiger partial charge in [-0.25, -0.2) is 28.5 Å². The molecule has 3 N–H and O–H groups in total. The van der Waals surface area contributed by atoms with Gasteiger partial charge in [-0.3, -0.25) is 4.90 Å². The molecule has 4 heterocycles. The number of rotatable bonds is 5. The van der Waals surface area contributed by atoms with E-state index in [4.69, 9.17) is 15.2 Å². The zero-order valence-electron chi connectivity index (χ0n) is 16.6. The molecule has 0 bridgehead atoms. The Morgan fingerprint density at radius 2 is 2.03 bits per heavy atom. The molecule has 166 valence electrons. The molecule has 0 spiro atoms. The molecular weight excluding hydrogens is 416 g/mol. The van der Waals surface area contributed by atoms with E-state index in [0.717, 1.165) is 6.20 Å². The minimum absolute atomic E-state index is 0.0384. The number of nitrogens with two attached hydrogens (primary N) is 1. The molecule has 31 heavy (non-hydrogen) atoms. The SMILES string of the molecule is C[C@H]1OC(=O)N(c2cc(-c3cnc(N)nc3C(F)F)nc(N3CCOCC3)n2)[C@H]1CO. The van der Waals surface area contributed by atoms with Gasteiger partial charge in [0, 0.05) is 30.9 Å². The van der Waals surface area contributed by atoms with Crippen LogP contribution in [0.15, 0.2) is 12.3 Å². The van der Waals surface area contributed by atoms with E-state index in [1.165, 1.54) is 11.0 Å². The summed E-state index contributed by atoms with van der Waals surface area (Å²) in [4.78, 5) is 31.8. The van der Waals surface area contributed by atoms with Crippen molar-refractivity contribution in [1.82, 2.24) is 19.9 Å². The lowest BCUT2D eigenvalue weighted by atomic mass is 10.1. The number of hydrogen-bond acceptors (Lipinski definition) is 10. The fraction of sp³-hybridized carbons (Fsp3) is 0.500. The Morgan fingerprint density at radius 1 is 1.29 bits per heavy atom. The third-order valence-electron chi connectivity index (χ3n) is 5.11. The molecule has 2 saturated heterocycles. The Morgan fingerprint density at radius 3 is 2.71 bits per heavy atom. The topological polar surface area (TPSA) is 140 Å². The third-order valence-corrected chi connectivity index (χ3v) is 5.11. The highest BCUT2D eigenvalue weighted by Crippen LogP contribution is 2.34. The van der Waals surface area contributed by atoms with Crippen molar-refractivity contribution in [2.45, 2.75) is 25.5 Å². The number of carbonyl (C=O) groups excluding carboxylic acids is 1. The average Bonchev–Trinajstić information content (AvgIpc) is 3.06. The highest BCUT2D eigenvalue weighted by molar-refractivity contribution is 5.90. The number of nitrogens with zero attached hydrogens (tertiary/aromatic N) is 6. The van der Waals surface area contributed by atoms with Gasteiger partial charge in [0.1, 0.15) is 23.7 Å². The fourth-order valence-electron chi connectivity index (χ4n) is 3.49. The molecule has 0 saturated carbocycles. The van der Waals surface area contributed by atoms with E-state index >= 15 is 0 Å². The van der Waals surface area contributed by atoms with E-state index in [0.29, 0.717) is 26.3 Å². The highest BCUT2D eigenvalue weighted by atomic mass is 19.3. The molecule has 1 amide bonds. The summed E-state index contributed by atoms with van der Waals surface area (Å²) in [5.41, 5.74) is 4.95. The summed E-state index contributed by atoms with van der Waals surface area (Å²) >= 11 is 0. The normalized spacial score (nSPS) is 21.6. The van der Waals surface area contributed by atoms with Crippen molar-refractivity contribution < 1.29 is 28.2 Å². The second-order valence-electron chi connectivity index (χ2n) is 7.05. The van der Waals surface area contributed by atoms with Crippen molar-refractivity contribution in [3.8, 4) is 11.3 Å². The van der Waals surface area contributed by atoms with Crippen molar-refractivity contribution in [1.29, 1.82) is 0 Å². The van der Waals surface area contributed by atoms with Gasteiger partial charge in [-0.05, 0) is 6.92 Å². The van der Waals surface area contributed by atoms with E-state index in [1.54, 1.807) is 6.92 Å². The Kier molecular flexibility index (Phi) is 5.78. The minimum atomic E-state index is -2.92. The lowest BCUT2D eigenvalue weighted by Gasteiger charge is -2.28. The van der Waals surface area contributed by atoms with Gasteiger partial charge in [-0.2, -0.15) is 4.98 Å². The molecule has 2 aromatic rings. The first kappa shape index (κ1) is 21.1. The smallest absolute Gasteiger partial charge is 0.416 e. The van der Waals surface area contributed by atoms with Crippen LogP contribution in [0.3, 0.4) is 0 Å². The molecule has 13 heteroatoms. The van der Waals surface area contributed by atoms with Gasteiger partial charge in [0.2, 0.25) is 11.9 Å². The molecule has 0 unspecified atom stereocenters. The van der Waals surface area contributed by atoms with Crippen LogP contribution in [-0.4, -0.2) is 76.2 Å². The van der Waals surface area contributed by atoms with E-state index in [-0.39, 0.29) is 35.6 Å². The largest absolute Gasteiger partial charge is 0.444 e. The summed E-state index contributed by atoms with van der Waals surface area (Å²) in [6.07, 6.45) is -3.05. The Labute approximate surface area is 175 Å². The first-order chi connectivity index (χ1) is 14.9.